The minimum Gasteiger partial charge on any atom is -0.294 e. The van der Waals surface area contributed by atoms with Gasteiger partial charge in [-0.1, -0.05) is 22.0 Å². The van der Waals surface area contributed by atoms with Crippen molar-refractivity contribution < 1.29 is 9.18 Å². The third-order valence-corrected chi connectivity index (χ3v) is 3.38. The van der Waals surface area contributed by atoms with E-state index in [1.165, 1.54) is 6.07 Å². The summed E-state index contributed by atoms with van der Waals surface area (Å²) in [4.78, 5) is 16.4. The Labute approximate surface area is 119 Å². The van der Waals surface area contributed by atoms with Crippen molar-refractivity contribution in [3.63, 3.8) is 0 Å². The van der Waals surface area contributed by atoms with Crippen molar-refractivity contribution in [3.8, 4) is 0 Å². The van der Waals surface area contributed by atoms with E-state index in [2.05, 4.69) is 20.9 Å². The van der Waals surface area contributed by atoms with E-state index in [1.807, 2.05) is 6.92 Å². The molecule has 0 amide bonds. The zero-order chi connectivity index (χ0) is 14.0. The fraction of sp³-hybridized carbons (Fsp3) is 0.200. The smallest absolute Gasteiger partial charge is 0.169 e. The van der Waals surface area contributed by atoms with Crippen LogP contribution in [0.4, 0.5) is 4.39 Å². The van der Waals surface area contributed by atoms with E-state index in [-0.39, 0.29) is 18.0 Å². The highest BCUT2D eigenvalue weighted by Gasteiger charge is 2.13. The summed E-state index contributed by atoms with van der Waals surface area (Å²) in [6.07, 6.45) is 0.0463. The highest BCUT2D eigenvalue weighted by Crippen LogP contribution is 2.18. The van der Waals surface area contributed by atoms with Gasteiger partial charge in [0.2, 0.25) is 0 Å². The molecular formula is C15H13BrFNO. The van der Waals surface area contributed by atoms with Crippen LogP contribution in [-0.2, 0) is 6.42 Å². The third-order valence-electron chi connectivity index (χ3n) is 2.89. The first-order valence-corrected chi connectivity index (χ1v) is 6.68. The molecule has 0 saturated carbocycles. The Balaban J connectivity index is 2.25. The topological polar surface area (TPSA) is 30.0 Å². The predicted octanol–water partition coefficient (Wildman–Crippen LogP) is 4.03. The van der Waals surface area contributed by atoms with Crippen molar-refractivity contribution in [2.45, 2.75) is 20.3 Å². The largest absolute Gasteiger partial charge is 0.294 e. The molecule has 0 aliphatic rings. The lowest BCUT2D eigenvalue weighted by molar-refractivity contribution is 0.0991. The summed E-state index contributed by atoms with van der Waals surface area (Å²) in [6.45, 7) is 3.66. The summed E-state index contributed by atoms with van der Waals surface area (Å²) in [5.74, 6) is -0.494. The van der Waals surface area contributed by atoms with Crippen molar-refractivity contribution in [3.05, 3.63) is 63.1 Å². The molecule has 0 fully saturated rings. The number of benzene rings is 1. The van der Waals surface area contributed by atoms with E-state index in [4.69, 9.17) is 0 Å². The molecule has 0 unspecified atom stereocenters. The van der Waals surface area contributed by atoms with E-state index >= 15 is 0 Å². The Kier molecular flexibility index (Phi) is 4.10. The number of Topliss-reactive ketones (excluding diaryl/α,β-unsaturated/α-hetero) is 1. The Morgan fingerprint density at radius 2 is 2.00 bits per heavy atom. The van der Waals surface area contributed by atoms with Gasteiger partial charge in [-0.15, -0.1) is 0 Å². The molecule has 0 aliphatic carbocycles. The van der Waals surface area contributed by atoms with Gasteiger partial charge in [0.1, 0.15) is 5.82 Å². The Bertz CT molecular complexity index is 640. The average molecular weight is 322 g/mol. The lowest BCUT2D eigenvalue weighted by Gasteiger charge is -2.06. The molecule has 0 bridgehead atoms. The summed E-state index contributed by atoms with van der Waals surface area (Å²) < 4.78 is 14.4. The fourth-order valence-corrected chi connectivity index (χ4v) is 2.25. The molecule has 1 heterocycles. The first-order valence-electron chi connectivity index (χ1n) is 5.89. The average Bonchev–Trinajstić information content (AvgIpc) is 2.32. The van der Waals surface area contributed by atoms with Gasteiger partial charge >= 0.3 is 0 Å². The van der Waals surface area contributed by atoms with Gasteiger partial charge < -0.3 is 0 Å². The second-order valence-electron chi connectivity index (χ2n) is 4.42. The molecule has 4 heteroatoms. The highest BCUT2D eigenvalue weighted by atomic mass is 79.9. The van der Waals surface area contributed by atoms with Gasteiger partial charge in [-0.05, 0) is 43.7 Å². The monoisotopic (exact) mass is 321 g/mol. The summed E-state index contributed by atoms with van der Waals surface area (Å²) in [5, 5.41) is 0. The number of hydrogen-bond acceptors (Lipinski definition) is 2. The first-order chi connectivity index (χ1) is 8.97. The minimum absolute atomic E-state index is 0.0463. The molecule has 98 valence electrons. The summed E-state index contributed by atoms with van der Waals surface area (Å²) >= 11 is 3.19. The molecule has 2 rings (SSSR count). The highest BCUT2D eigenvalue weighted by molar-refractivity contribution is 9.10. The van der Waals surface area contributed by atoms with Crippen LogP contribution < -0.4 is 0 Å². The molecule has 0 N–H and O–H groups in total. The molecule has 0 atom stereocenters. The molecule has 1 aromatic carbocycles. The fourth-order valence-electron chi connectivity index (χ4n) is 1.91. The Morgan fingerprint density at radius 3 is 2.63 bits per heavy atom. The van der Waals surface area contributed by atoms with Crippen molar-refractivity contribution in [1.29, 1.82) is 0 Å². The van der Waals surface area contributed by atoms with Crippen LogP contribution in [0.15, 0.2) is 34.8 Å². The second-order valence-corrected chi connectivity index (χ2v) is 5.34. The van der Waals surface area contributed by atoms with Crippen LogP contribution in [-0.4, -0.2) is 10.8 Å². The molecule has 2 nitrogen and oxygen atoms in total. The zero-order valence-electron chi connectivity index (χ0n) is 10.7. The molecule has 2 aromatic rings. The maximum atomic E-state index is 13.7. The molecule has 0 spiro atoms. The van der Waals surface area contributed by atoms with Crippen LogP contribution in [0, 0.1) is 19.7 Å². The molecule has 0 radical (unpaired) electrons. The normalized spacial score (nSPS) is 10.5. The number of rotatable bonds is 3. The van der Waals surface area contributed by atoms with E-state index in [0.29, 0.717) is 21.3 Å². The van der Waals surface area contributed by atoms with Gasteiger partial charge in [0.15, 0.2) is 5.78 Å². The van der Waals surface area contributed by atoms with Crippen molar-refractivity contribution in [1.82, 2.24) is 4.98 Å². The van der Waals surface area contributed by atoms with Gasteiger partial charge in [-0.25, -0.2) is 4.39 Å². The van der Waals surface area contributed by atoms with Crippen LogP contribution in [0.2, 0.25) is 0 Å². The lowest BCUT2D eigenvalue weighted by atomic mass is 10.0. The van der Waals surface area contributed by atoms with Gasteiger partial charge in [-0.3, -0.25) is 9.78 Å². The number of ketones is 1. The van der Waals surface area contributed by atoms with Gasteiger partial charge in [0.25, 0.3) is 0 Å². The standard InChI is InChI=1S/C15H13BrFNO/c1-9-3-6-13(10(2)18-9)15(19)7-11-4-5-12(16)8-14(11)17/h3-6,8H,7H2,1-2H3. The predicted molar refractivity (Wildman–Crippen MR) is 75.8 cm³/mol. The number of hydrogen-bond donors (Lipinski definition) is 0. The SMILES string of the molecule is Cc1ccc(C(=O)Cc2ccc(Br)cc2F)c(C)n1. The molecular weight excluding hydrogens is 309 g/mol. The van der Waals surface area contributed by atoms with Crippen molar-refractivity contribution in [2.24, 2.45) is 0 Å². The summed E-state index contributed by atoms with van der Waals surface area (Å²) in [7, 11) is 0. The van der Waals surface area contributed by atoms with E-state index in [9.17, 15) is 9.18 Å². The second kappa shape index (κ2) is 5.61. The van der Waals surface area contributed by atoms with Crippen LogP contribution >= 0.6 is 15.9 Å². The maximum Gasteiger partial charge on any atom is 0.169 e. The number of aryl methyl sites for hydroxylation is 2. The molecule has 1 aromatic heterocycles. The van der Waals surface area contributed by atoms with Gasteiger partial charge in [-0.2, -0.15) is 0 Å². The van der Waals surface area contributed by atoms with Crippen LogP contribution in [0.25, 0.3) is 0 Å². The van der Waals surface area contributed by atoms with Crippen LogP contribution in [0.5, 0.6) is 0 Å². The summed E-state index contributed by atoms with van der Waals surface area (Å²) in [6, 6.07) is 8.25. The Morgan fingerprint density at radius 1 is 1.26 bits per heavy atom. The number of halogens is 2. The van der Waals surface area contributed by atoms with Crippen LogP contribution in [0.3, 0.4) is 0 Å². The summed E-state index contributed by atoms with van der Waals surface area (Å²) in [5.41, 5.74) is 2.49. The number of pyridine rings is 1. The van der Waals surface area contributed by atoms with E-state index in [0.717, 1.165) is 5.69 Å². The number of carbonyl (C=O) groups is 1. The molecule has 19 heavy (non-hydrogen) atoms. The van der Waals surface area contributed by atoms with Gasteiger partial charge in [0, 0.05) is 27.8 Å². The van der Waals surface area contributed by atoms with Crippen LogP contribution in [0.1, 0.15) is 27.3 Å². The quantitative estimate of drug-likeness (QED) is 0.799. The maximum absolute atomic E-state index is 13.7. The van der Waals surface area contributed by atoms with Crippen molar-refractivity contribution in [2.75, 3.05) is 0 Å². The molecule has 0 aliphatic heterocycles. The number of aromatic nitrogens is 1. The first kappa shape index (κ1) is 13.9. The van der Waals surface area contributed by atoms with Crippen molar-refractivity contribution >= 4 is 21.7 Å². The van der Waals surface area contributed by atoms with Gasteiger partial charge in [0.05, 0.1) is 0 Å². The molecule has 0 saturated heterocycles. The number of nitrogens with zero attached hydrogens (tertiary/aromatic N) is 1. The van der Waals surface area contributed by atoms with E-state index in [1.54, 1.807) is 31.2 Å². The lowest BCUT2D eigenvalue weighted by Crippen LogP contribution is -2.08. The minimum atomic E-state index is -0.375. The third kappa shape index (κ3) is 3.26. The number of carbonyl (C=O) groups excluding carboxylic acids is 1. The van der Waals surface area contributed by atoms with E-state index < -0.39 is 0 Å². The zero-order valence-corrected chi connectivity index (χ0v) is 12.3. The Hall–Kier alpha value is -1.55.